The molecule has 214 valence electrons. The molecular formula is C32H57NO4. The maximum absolute atomic E-state index is 11.6. The Balaban J connectivity index is 1.14. The second kappa shape index (κ2) is 14.1. The molecule has 4 aliphatic rings. The molecule has 3 saturated carbocycles. The van der Waals surface area contributed by atoms with Crippen LogP contribution in [0.4, 0.5) is 0 Å². The molecule has 4 rings (SSSR count). The van der Waals surface area contributed by atoms with E-state index in [1.165, 1.54) is 77.0 Å². The van der Waals surface area contributed by atoms with Gasteiger partial charge < -0.3 is 19.8 Å². The standard InChI is InChI=1S/C32H57NO4/c1-32(2,31(35)36)27-17-15-24(16-18-27)29(34)14-9-21-33-22-19-28(20-23-33)37-30(25-10-5-3-6-11-25)26-12-7-4-8-13-26/h24-30,34H,3-23H2,1-2H3,(H,35,36). The van der Waals surface area contributed by atoms with Gasteiger partial charge in [-0.1, -0.05) is 38.5 Å². The summed E-state index contributed by atoms with van der Waals surface area (Å²) < 4.78 is 6.98. The first kappa shape index (κ1) is 29.3. The van der Waals surface area contributed by atoms with Crippen LogP contribution in [-0.2, 0) is 9.53 Å². The summed E-state index contributed by atoms with van der Waals surface area (Å²) in [6.45, 7) is 7.07. The zero-order valence-electron chi connectivity index (χ0n) is 24.0. The van der Waals surface area contributed by atoms with Crippen LogP contribution in [0.3, 0.4) is 0 Å². The molecule has 5 heteroatoms. The van der Waals surface area contributed by atoms with Crippen LogP contribution in [0.1, 0.15) is 129 Å². The molecule has 5 nitrogen and oxygen atoms in total. The van der Waals surface area contributed by atoms with Gasteiger partial charge in [-0.2, -0.15) is 0 Å². The largest absolute Gasteiger partial charge is 0.481 e. The number of piperidine rings is 1. The first-order valence-corrected chi connectivity index (χ1v) is 16.1. The molecule has 0 amide bonds. The van der Waals surface area contributed by atoms with Crippen molar-refractivity contribution in [1.29, 1.82) is 0 Å². The number of likely N-dealkylation sites (tertiary alicyclic amines) is 1. The number of nitrogens with zero attached hydrogens (tertiary/aromatic N) is 1. The number of aliphatic carboxylic acids is 1. The molecule has 0 bridgehead atoms. The van der Waals surface area contributed by atoms with Gasteiger partial charge in [0.15, 0.2) is 0 Å². The van der Waals surface area contributed by atoms with E-state index in [4.69, 9.17) is 4.74 Å². The quantitative estimate of drug-likeness (QED) is 0.306. The third-order valence-corrected chi connectivity index (χ3v) is 11.0. The van der Waals surface area contributed by atoms with E-state index >= 15 is 0 Å². The predicted molar refractivity (Wildman–Crippen MR) is 150 cm³/mol. The van der Waals surface area contributed by atoms with Gasteiger partial charge in [-0.25, -0.2) is 0 Å². The zero-order valence-corrected chi connectivity index (χ0v) is 24.0. The summed E-state index contributed by atoms with van der Waals surface area (Å²) in [5.41, 5.74) is -0.654. The Morgan fingerprint density at radius 2 is 1.35 bits per heavy atom. The highest BCUT2D eigenvalue weighted by molar-refractivity contribution is 5.74. The maximum Gasteiger partial charge on any atom is 0.309 e. The van der Waals surface area contributed by atoms with Crippen LogP contribution < -0.4 is 0 Å². The van der Waals surface area contributed by atoms with Crippen molar-refractivity contribution in [1.82, 2.24) is 4.90 Å². The third kappa shape index (κ3) is 8.18. The number of carboxylic acid groups (broad SMARTS) is 1. The fraction of sp³-hybridized carbons (Fsp3) is 0.969. The fourth-order valence-corrected chi connectivity index (χ4v) is 8.18. The first-order valence-electron chi connectivity index (χ1n) is 16.1. The smallest absolute Gasteiger partial charge is 0.309 e. The van der Waals surface area contributed by atoms with Gasteiger partial charge in [0.1, 0.15) is 0 Å². The lowest BCUT2D eigenvalue weighted by Crippen LogP contribution is -2.43. The molecular weight excluding hydrogens is 462 g/mol. The number of hydrogen-bond donors (Lipinski definition) is 2. The molecule has 1 saturated heterocycles. The normalized spacial score (nSPS) is 29.0. The average Bonchev–Trinajstić information content (AvgIpc) is 2.93. The molecule has 1 heterocycles. The summed E-state index contributed by atoms with van der Waals surface area (Å²) in [6, 6.07) is 0. The third-order valence-electron chi connectivity index (χ3n) is 11.0. The molecule has 1 aliphatic heterocycles. The van der Waals surface area contributed by atoms with Crippen molar-refractivity contribution in [2.24, 2.45) is 29.1 Å². The number of aliphatic hydroxyl groups excluding tert-OH is 1. The van der Waals surface area contributed by atoms with E-state index in [0.29, 0.717) is 18.1 Å². The van der Waals surface area contributed by atoms with E-state index in [-0.39, 0.29) is 12.0 Å². The van der Waals surface area contributed by atoms with E-state index in [0.717, 1.165) is 70.0 Å². The number of aliphatic hydroxyl groups is 1. The van der Waals surface area contributed by atoms with Crippen LogP contribution in [0.25, 0.3) is 0 Å². The summed E-state index contributed by atoms with van der Waals surface area (Å²) in [6.07, 6.45) is 22.8. The van der Waals surface area contributed by atoms with Gasteiger partial charge in [0, 0.05) is 13.1 Å². The predicted octanol–water partition coefficient (Wildman–Crippen LogP) is 7.05. The minimum Gasteiger partial charge on any atom is -0.481 e. The molecule has 0 aromatic carbocycles. The van der Waals surface area contributed by atoms with Gasteiger partial charge in [-0.15, -0.1) is 0 Å². The Morgan fingerprint density at radius 1 is 0.811 bits per heavy atom. The van der Waals surface area contributed by atoms with E-state index in [1.54, 1.807) is 0 Å². The maximum atomic E-state index is 11.6. The van der Waals surface area contributed by atoms with E-state index in [2.05, 4.69) is 4.90 Å². The Morgan fingerprint density at radius 3 is 1.86 bits per heavy atom. The number of carbonyl (C=O) groups is 1. The molecule has 2 N–H and O–H groups in total. The summed E-state index contributed by atoms with van der Waals surface area (Å²) in [7, 11) is 0. The van der Waals surface area contributed by atoms with Crippen LogP contribution >= 0.6 is 0 Å². The lowest BCUT2D eigenvalue weighted by molar-refractivity contribution is -0.151. The van der Waals surface area contributed by atoms with Crippen molar-refractivity contribution < 1.29 is 19.7 Å². The summed E-state index contributed by atoms with van der Waals surface area (Å²) in [5.74, 6) is 1.50. The minimum absolute atomic E-state index is 0.229. The number of hydrogen-bond acceptors (Lipinski definition) is 4. The lowest BCUT2D eigenvalue weighted by atomic mass is 9.67. The molecule has 0 spiro atoms. The summed E-state index contributed by atoms with van der Waals surface area (Å²) in [4.78, 5) is 14.2. The molecule has 3 aliphatic carbocycles. The van der Waals surface area contributed by atoms with E-state index in [1.807, 2.05) is 13.8 Å². The summed E-state index contributed by atoms with van der Waals surface area (Å²) in [5, 5.41) is 20.4. The molecule has 1 unspecified atom stereocenters. The van der Waals surface area contributed by atoms with Crippen molar-refractivity contribution in [3.63, 3.8) is 0 Å². The van der Waals surface area contributed by atoms with Crippen LogP contribution in [0, 0.1) is 29.1 Å². The van der Waals surface area contributed by atoms with Gasteiger partial charge in [-0.3, -0.25) is 4.79 Å². The number of rotatable bonds is 11. The highest BCUT2D eigenvalue weighted by Gasteiger charge is 2.40. The Kier molecular flexibility index (Phi) is 11.2. The van der Waals surface area contributed by atoms with Crippen molar-refractivity contribution in [3.8, 4) is 0 Å². The van der Waals surface area contributed by atoms with Crippen molar-refractivity contribution in [2.75, 3.05) is 19.6 Å². The van der Waals surface area contributed by atoms with Crippen LogP contribution in [-0.4, -0.2) is 59.0 Å². The fourth-order valence-electron chi connectivity index (χ4n) is 8.18. The SMILES string of the molecule is CC(C)(C(=O)O)C1CCC(C(O)CCCN2CCC(OC(C3CCCCC3)C3CCCCC3)CC2)CC1. The summed E-state index contributed by atoms with van der Waals surface area (Å²) >= 11 is 0. The number of carboxylic acids is 1. The second-order valence-electron chi connectivity index (χ2n) is 13.8. The van der Waals surface area contributed by atoms with Gasteiger partial charge in [0.05, 0.1) is 23.7 Å². The van der Waals surface area contributed by atoms with Gasteiger partial charge in [0.25, 0.3) is 0 Å². The molecule has 0 radical (unpaired) electrons. The van der Waals surface area contributed by atoms with Gasteiger partial charge >= 0.3 is 5.97 Å². The average molecular weight is 520 g/mol. The lowest BCUT2D eigenvalue weighted by Gasteiger charge is -2.41. The van der Waals surface area contributed by atoms with Gasteiger partial charge in [-0.05, 0) is 121 Å². The van der Waals surface area contributed by atoms with Crippen LogP contribution in [0.2, 0.25) is 0 Å². The Bertz CT molecular complexity index is 650. The van der Waals surface area contributed by atoms with Crippen molar-refractivity contribution in [3.05, 3.63) is 0 Å². The van der Waals surface area contributed by atoms with Crippen LogP contribution in [0.15, 0.2) is 0 Å². The minimum atomic E-state index is -0.691. The highest BCUT2D eigenvalue weighted by Crippen LogP contribution is 2.42. The molecule has 0 aromatic heterocycles. The molecule has 0 aromatic rings. The Hall–Kier alpha value is -0.650. The second-order valence-corrected chi connectivity index (χ2v) is 13.8. The molecule has 4 fully saturated rings. The van der Waals surface area contributed by atoms with Crippen LogP contribution in [0.5, 0.6) is 0 Å². The van der Waals surface area contributed by atoms with Gasteiger partial charge in [0.2, 0.25) is 0 Å². The Labute approximate surface area is 227 Å². The number of ether oxygens (including phenoxy) is 1. The van der Waals surface area contributed by atoms with Crippen molar-refractivity contribution in [2.45, 2.75) is 148 Å². The van der Waals surface area contributed by atoms with E-state index < -0.39 is 11.4 Å². The molecule has 37 heavy (non-hydrogen) atoms. The van der Waals surface area contributed by atoms with Crippen molar-refractivity contribution >= 4 is 5.97 Å². The highest BCUT2D eigenvalue weighted by atomic mass is 16.5. The topological polar surface area (TPSA) is 70.0 Å². The first-order chi connectivity index (χ1) is 17.8. The monoisotopic (exact) mass is 519 g/mol. The zero-order chi connectivity index (χ0) is 26.3. The molecule has 1 atom stereocenters. The van der Waals surface area contributed by atoms with E-state index in [9.17, 15) is 15.0 Å².